The van der Waals surface area contributed by atoms with Gasteiger partial charge in [-0.3, -0.25) is 14.5 Å². The summed E-state index contributed by atoms with van der Waals surface area (Å²) in [6.07, 6.45) is 2.70. The smallest absolute Gasteiger partial charge is 0.220 e. The second kappa shape index (κ2) is 15.4. The molecule has 2 heterocycles. The van der Waals surface area contributed by atoms with E-state index in [1.807, 2.05) is 48.5 Å². The van der Waals surface area contributed by atoms with Gasteiger partial charge in [-0.1, -0.05) is 61.9 Å². The Balaban J connectivity index is 1.34. The average Bonchev–Trinajstić information content (AvgIpc) is 3.39. The van der Waals surface area contributed by atoms with Crippen molar-refractivity contribution in [2.24, 2.45) is 5.92 Å². The lowest BCUT2D eigenvalue weighted by atomic mass is 9.90. The van der Waals surface area contributed by atoms with Crippen LogP contribution in [0.15, 0.2) is 48.5 Å². The topological polar surface area (TPSA) is 120 Å². The summed E-state index contributed by atoms with van der Waals surface area (Å²) in [6, 6.07) is 15.9. The molecular formula is C32H45N3O6. The number of β-amino-alcohol motifs (C(OH)–C–C–N with tert-alkyl or cyclic N) is 1. The molecule has 0 aliphatic carbocycles. The van der Waals surface area contributed by atoms with Crippen LogP contribution in [0.1, 0.15) is 80.6 Å². The molecule has 2 aromatic carbocycles. The summed E-state index contributed by atoms with van der Waals surface area (Å²) in [5, 5.41) is 25.3. The zero-order chi connectivity index (χ0) is 29.2. The molecule has 0 spiro atoms. The first-order valence-electron chi connectivity index (χ1n) is 14.8. The van der Waals surface area contributed by atoms with E-state index in [0.29, 0.717) is 26.1 Å². The van der Waals surface area contributed by atoms with Gasteiger partial charge < -0.3 is 30.3 Å². The molecule has 4 rings (SSSR count). The highest BCUT2D eigenvalue weighted by Gasteiger charge is 2.39. The number of likely N-dealkylation sites (tertiary alicyclic amines) is 1. The Bertz CT molecular complexity index is 1110. The van der Waals surface area contributed by atoms with Gasteiger partial charge in [-0.15, -0.1) is 0 Å². The van der Waals surface area contributed by atoms with E-state index in [9.17, 15) is 19.8 Å². The van der Waals surface area contributed by atoms with E-state index in [4.69, 9.17) is 9.47 Å². The minimum Gasteiger partial charge on any atom is -0.392 e. The van der Waals surface area contributed by atoms with Crippen LogP contribution in [0.4, 0.5) is 0 Å². The van der Waals surface area contributed by atoms with Crippen molar-refractivity contribution >= 4 is 11.8 Å². The standard InChI is InChI=1S/C32H45N3O6/c1-22-29(20-35-17-15-28(38)19-35)40-32(41-31(22)26-11-9-25(21-36)10-12-26)27-13-7-24(8-14-27)18-34-30(39)6-4-3-5-16-33-23(2)37/h7-14,22,28-29,31-32,36,38H,3-6,15-21H2,1-2H3,(H,33,37)(H,34,39). The number of nitrogens with zero attached hydrogens (tertiary/aromatic N) is 1. The van der Waals surface area contributed by atoms with Crippen LogP contribution in [0.3, 0.4) is 0 Å². The van der Waals surface area contributed by atoms with Crippen molar-refractivity contribution in [3.05, 3.63) is 70.8 Å². The Morgan fingerprint density at radius 1 is 0.951 bits per heavy atom. The molecule has 9 nitrogen and oxygen atoms in total. The van der Waals surface area contributed by atoms with Crippen LogP contribution in [0.5, 0.6) is 0 Å². The number of hydrogen-bond donors (Lipinski definition) is 4. The number of amides is 2. The van der Waals surface area contributed by atoms with Gasteiger partial charge in [0.25, 0.3) is 0 Å². The quantitative estimate of drug-likeness (QED) is 0.274. The van der Waals surface area contributed by atoms with Crippen LogP contribution >= 0.6 is 0 Å². The van der Waals surface area contributed by atoms with Crippen molar-refractivity contribution in [1.29, 1.82) is 0 Å². The number of hydrogen-bond acceptors (Lipinski definition) is 7. The van der Waals surface area contributed by atoms with Gasteiger partial charge in [0.05, 0.1) is 24.9 Å². The number of carbonyl (C=O) groups is 2. The number of aliphatic hydroxyl groups is 2. The fourth-order valence-corrected chi connectivity index (χ4v) is 5.49. The number of nitrogens with one attached hydrogen (secondary N) is 2. The molecule has 0 radical (unpaired) electrons. The minimum absolute atomic E-state index is 0.000256. The molecule has 4 N–H and O–H groups in total. The SMILES string of the molecule is CC(=O)NCCCCCC(=O)NCc1ccc(C2OC(CN3CCC(O)C3)C(C)C(c3ccc(CO)cc3)O2)cc1. The Kier molecular flexibility index (Phi) is 11.7. The van der Waals surface area contributed by atoms with Crippen molar-refractivity contribution in [3.63, 3.8) is 0 Å². The largest absolute Gasteiger partial charge is 0.392 e. The molecular weight excluding hydrogens is 522 g/mol. The van der Waals surface area contributed by atoms with Gasteiger partial charge in [0.1, 0.15) is 0 Å². The van der Waals surface area contributed by atoms with Crippen LogP contribution in [0, 0.1) is 5.92 Å². The summed E-state index contributed by atoms with van der Waals surface area (Å²) < 4.78 is 13.1. The predicted octanol–water partition coefficient (Wildman–Crippen LogP) is 3.35. The highest BCUT2D eigenvalue weighted by Crippen LogP contribution is 2.42. The lowest BCUT2D eigenvalue weighted by molar-refractivity contribution is -0.276. The maximum Gasteiger partial charge on any atom is 0.220 e. The first-order chi connectivity index (χ1) is 19.8. The molecule has 2 aliphatic heterocycles. The summed E-state index contributed by atoms with van der Waals surface area (Å²) in [5.74, 6) is 0.0799. The third-order valence-corrected chi connectivity index (χ3v) is 8.01. The first-order valence-corrected chi connectivity index (χ1v) is 14.8. The number of rotatable bonds is 13. The lowest BCUT2D eigenvalue weighted by Gasteiger charge is -2.42. The van der Waals surface area contributed by atoms with Crippen molar-refractivity contribution < 1.29 is 29.3 Å². The van der Waals surface area contributed by atoms with Crippen molar-refractivity contribution in [1.82, 2.24) is 15.5 Å². The van der Waals surface area contributed by atoms with Crippen LogP contribution < -0.4 is 10.6 Å². The van der Waals surface area contributed by atoms with E-state index >= 15 is 0 Å². The van der Waals surface area contributed by atoms with E-state index in [-0.39, 0.29) is 42.7 Å². The van der Waals surface area contributed by atoms with Crippen molar-refractivity contribution in [2.75, 3.05) is 26.2 Å². The fraction of sp³-hybridized carbons (Fsp3) is 0.562. The molecule has 0 saturated carbocycles. The summed E-state index contributed by atoms with van der Waals surface area (Å²) in [5.41, 5.74) is 3.81. The molecule has 0 bridgehead atoms. The fourth-order valence-electron chi connectivity index (χ4n) is 5.49. The molecule has 2 fully saturated rings. The number of benzene rings is 2. The summed E-state index contributed by atoms with van der Waals surface area (Å²) >= 11 is 0. The summed E-state index contributed by atoms with van der Waals surface area (Å²) in [6.45, 7) is 6.99. The zero-order valence-electron chi connectivity index (χ0n) is 24.3. The Labute approximate surface area is 243 Å². The predicted molar refractivity (Wildman–Crippen MR) is 155 cm³/mol. The number of aliphatic hydroxyl groups excluding tert-OH is 2. The molecule has 9 heteroatoms. The van der Waals surface area contributed by atoms with Crippen LogP contribution in [-0.2, 0) is 32.2 Å². The van der Waals surface area contributed by atoms with Gasteiger partial charge in [-0.2, -0.15) is 0 Å². The van der Waals surface area contributed by atoms with Gasteiger partial charge >= 0.3 is 0 Å². The highest BCUT2D eigenvalue weighted by atomic mass is 16.7. The Morgan fingerprint density at radius 2 is 1.66 bits per heavy atom. The zero-order valence-corrected chi connectivity index (χ0v) is 24.3. The molecule has 2 amide bonds. The maximum absolute atomic E-state index is 12.3. The van der Waals surface area contributed by atoms with Gasteiger partial charge in [0.15, 0.2) is 6.29 Å². The first kappa shape index (κ1) is 31.1. The molecule has 5 atom stereocenters. The van der Waals surface area contributed by atoms with Gasteiger partial charge in [-0.05, 0) is 36.0 Å². The number of ether oxygens (including phenoxy) is 2. The van der Waals surface area contributed by atoms with Crippen molar-refractivity contribution in [2.45, 2.75) is 83.7 Å². The summed E-state index contributed by atoms with van der Waals surface area (Å²) in [4.78, 5) is 25.4. The summed E-state index contributed by atoms with van der Waals surface area (Å²) in [7, 11) is 0. The molecule has 2 aromatic rings. The highest BCUT2D eigenvalue weighted by molar-refractivity contribution is 5.75. The monoisotopic (exact) mass is 567 g/mol. The van der Waals surface area contributed by atoms with Crippen LogP contribution in [-0.4, -0.2) is 65.3 Å². The normalized spacial score (nSPS) is 24.7. The number of carbonyl (C=O) groups excluding carboxylic acids is 2. The Morgan fingerprint density at radius 3 is 2.32 bits per heavy atom. The van der Waals surface area contributed by atoms with Crippen molar-refractivity contribution in [3.8, 4) is 0 Å². The average molecular weight is 568 g/mol. The minimum atomic E-state index is -0.549. The van der Waals surface area contributed by atoms with Gasteiger partial charge in [0, 0.05) is 57.5 Å². The van der Waals surface area contributed by atoms with Crippen LogP contribution in [0.2, 0.25) is 0 Å². The van der Waals surface area contributed by atoms with E-state index < -0.39 is 6.29 Å². The maximum atomic E-state index is 12.3. The van der Waals surface area contributed by atoms with Crippen LogP contribution in [0.25, 0.3) is 0 Å². The van der Waals surface area contributed by atoms with E-state index in [1.165, 1.54) is 6.92 Å². The Hall–Kier alpha value is -2.82. The molecule has 0 aromatic heterocycles. The molecule has 5 unspecified atom stereocenters. The molecule has 41 heavy (non-hydrogen) atoms. The third kappa shape index (κ3) is 9.34. The second-order valence-electron chi connectivity index (χ2n) is 11.3. The third-order valence-electron chi connectivity index (χ3n) is 8.01. The van der Waals surface area contributed by atoms with Gasteiger partial charge in [0.2, 0.25) is 11.8 Å². The lowest BCUT2D eigenvalue weighted by Crippen LogP contribution is -2.44. The molecule has 224 valence electrons. The van der Waals surface area contributed by atoms with E-state index in [1.54, 1.807) is 0 Å². The van der Waals surface area contributed by atoms with Gasteiger partial charge in [-0.25, -0.2) is 0 Å². The number of unbranched alkanes of at least 4 members (excludes halogenated alkanes) is 2. The molecule has 2 aliphatic rings. The second-order valence-corrected chi connectivity index (χ2v) is 11.3. The molecule has 2 saturated heterocycles. The van der Waals surface area contributed by atoms with E-state index in [0.717, 1.165) is 61.0 Å². The van der Waals surface area contributed by atoms with E-state index in [2.05, 4.69) is 22.5 Å².